The van der Waals surface area contributed by atoms with Crippen molar-refractivity contribution in [2.45, 2.75) is 0 Å². The molecule has 118 valence electrons. The lowest BCUT2D eigenvalue weighted by molar-refractivity contribution is 0.262. The molecule has 4 nitrogen and oxygen atoms in total. The van der Waals surface area contributed by atoms with Gasteiger partial charge in [-0.1, -0.05) is 42.5 Å². The molecule has 0 amide bonds. The number of rotatable bonds is 6. The van der Waals surface area contributed by atoms with E-state index in [4.69, 9.17) is 4.74 Å². The fraction of sp³-hybridized carbons (Fsp3) is 0.211. The fourth-order valence-corrected chi connectivity index (χ4v) is 2.37. The summed E-state index contributed by atoms with van der Waals surface area (Å²) in [6.45, 7) is 1.54. The number of aromatic nitrogens is 2. The van der Waals surface area contributed by atoms with Crippen molar-refractivity contribution in [1.82, 2.24) is 15.1 Å². The van der Waals surface area contributed by atoms with Crippen molar-refractivity contribution in [2.75, 3.05) is 27.2 Å². The van der Waals surface area contributed by atoms with Crippen molar-refractivity contribution >= 4 is 0 Å². The Balaban J connectivity index is 1.83. The molecule has 0 radical (unpaired) electrons. The van der Waals surface area contributed by atoms with Crippen LogP contribution >= 0.6 is 0 Å². The minimum absolute atomic E-state index is 0.656. The van der Waals surface area contributed by atoms with Gasteiger partial charge in [-0.25, -0.2) is 0 Å². The highest BCUT2D eigenvalue weighted by molar-refractivity contribution is 5.72. The highest BCUT2D eigenvalue weighted by Gasteiger charge is 2.10. The number of benzene rings is 2. The predicted octanol–water partition coefficient (Wildman–Crippen LogP) is 3.68. The van der Waals surface area contributed by atoms with Crippen LogP contribution in [-0.4, -0.2) is 42.3 Å². The van der Waals surface area contributed by atoms with Crippen LogP contribution in [0.2, 0.25) is 0 Å². The number of aromatic amines is 1. The van der Waals surface area contributed by atoms with Gasteiger partial charge in [0.05, 0.1) is 11.4 Å². The number of nitrogens with one attached hydrogen (secondary N) is 1. The molecule has 2 aromatic carbocycles. The Labute approximate surface area is 136 Å². The van der Waals surface area contributed by atoms with E-state index in [1.807, 2.05) is 56.6 Å². The van der Waals surface area contributed by atoms with E-state index in [1.54, 1.807) is 0 Å². The number of hydrogen-bond donors (Lipinski definition) is 1. The van der Waals surface area contributed by atoms with E-state index >= 15 is 0 Å². The Morgan fingerprint density at radius 2 is 1.74 bits per heavy atom. The van der Waals surface area contributed by atoms with Crippen LogP contribution in [0.15, 0.2) is 60.7 Å². The lowest BCUT2D eigenvalue weighted by atomic mass is 10.1. The van der Waals surface area contributed by atoms with Gasteiger partial charge in [-0.15, -0.1) is 0 Å². The van der Waals surface area contributed by atoms with Crippen LogP contribution in [0.25, 0.3) is 22.5 Å². The zero-order chi connectivity index (χ0) is 16.1. The van der Waals surface area contributed by atoms with Gasteiger partial charge >= 0.3 is 0 Å². The smallest absolute Gasteiger partial charge is 0.128 e. The van der Waals surface area contributed by atoms with Gasteiger partial charge in [0, 0.05) is 17.7 Å². The number of hydrogen-bond acceptors (Lipinski definition) is 3. The van der Waals surface area contributed by atoms with Gasteiger partial charge in [0.25, 0.3) is 0 Å². The largest absolute Gasteiger partial charge is 0.492 e. The molecule has 3 aromatic rings. The van der Waals surface area contributed by atoms with E-state index < -0.39 is 0 Å². The van der Waals surface area contributed by atoms with Crippen LogP contribution < -0.4 is 4.74 Å². The minimum atomic E-state index is 0.656. The first-order valence-corrected chi connectivity index (χ1v) is 7.72. The number of ether oxygens (including phenoxy) is 1. The van der Waals surface area contributed by atoms with E-state index in [2.05, 4.69) is 33.3 Å². The van der Waals surface area contributed by atoms with Crippen LogP contribution in [-0.2, 0) is 0 Å². The van der Waals surface area contributed by atoms with Gasteiger partial charge in [0.2, 0.25) is 0 Å². The van der Waals surface area contributed by atoms with Crippen molar-refractivity contribution in [2.24, 2.45) is 0 Å². The standard InChI is InChI=1S/C19H21N3O/c1-22(2)12-13-23-19-11-7-6-10-16(19)18-14-17(20-21-18)15-8-4-3-5-9-15/h3-11,14H,12-13H2,1-2H3,(H,20,21). The molecule has 0 aliphatic carbocycles. The van der Waals surface area contributed by atoms with Crippen molar-refractivity contribution in [3.63, 3.8) is 0 Å². The minimum Gasteiger partial charge on any atom is -0.492 e. The Kier molecular flexibility index (Phi) is 4.74. The van der Waals surface area contributed by atoms with Gasteiger partial charge < -0.3 is 9.64 Å². The van der Waals surface area contributed by atoms with E-state index in [9.17, 15) is 0 Å². The lowest BCUT2D eigenvalue weighted by Gasteiger charge is -2.13. The van der Waals surface area contributed by atoms with Gasteiger partial charge in [-0.3, -0.25) is 5.10 Å². The Morgan fingerprint density at radius 1 is 1.00 bits per heavy atom. The summed E-state index contributed by atoms with van der Waals surface area (Å²) in [5.41, 5.74) is 4.02. The maximum atomic E-state index is 5.93. The topological polar surface area (TPSA) is 41.1 Å². The normalized spacial score (nSPS) is 10.9. The molecule has 0 bridgehead atoms. The zero-order valence-corrected chi connectivity index (χ0v) is 13.5. The molecule has 0 saturated carbocycles. The molecule has 1 heterocycles. The number of para-hydroxylation sites is 1. The molecule has 0 spiro atoms. The molecule has 4 heteroatoms. The lowest BCUT2D eigenvalue weighted by Crippen LogP contribution is -2.19. The van der Waals surface area contributed by atoms with Crippen molar-refractivity contribution in [1.29, 1.82) is 0 Å². The Bertz CT molecular complexity index is 750. The number of likely N-dealkylation sites (N-methyl/N-ethyl adjacent to an activating group) is 1. The molecular weight excluding hydrogens is 286 g/mol. The van der Waals surface area contributed by atoms with Crippen LogP contribution in [0.3, 0.4) is 0 Å². The van der Waals surface area contributed by atoms with Crippen LogP contribution in [0.4, 0.5) is 0 Å². The average Bonchev–Trinajstić information content (AvgIpc) is 3.06. The number of H-pyrrole nitrogens is 1. The summed E-state index contributed by atoms with van der Waals surface area (Å²) < 4.78 is 5.93. The maximum absolute atomic E-state index is 5.93. The molecule has 0 saturated heterocycles. The first-order chi connectivity index (χ1) is 11.2. The predicted molar refractivity (Wildman–Crippen MR) is 93.5 cm³/mol. The third kappa shape index (κ3) is 3.79. The highest BCUT2D eigenvalue weighted by Crippen LogP contribution is 2.30. The average molecular weight is 307 g/mol. The molecule has 0 aliphatic rings. The molecule has 0 fully saturated rings. The van der Waals surface area contributed by atoms with Crippen LogP contribution in [0.5, 0.6) is 5.75 Å². The summed E-state index contributed by atoms with van der Waals surface area (Å²) in [7, 11) is 4.08. The summed E-state index contributed by atoms with van der Waals surface area (Å²) >= 11 is 0. The van der Waals surface area contributed by atoms with Crippen molar-refractivity contribution in [3.05, 3.63) is 60.7 Å². The Hall–Kier alpha value is -2.59. The van der Waals surface area contributed by atoms with E-state index in [0.29, 0.717) is 6.61 Å². The summed E-state index contributed by atoms with van der Waals surface area (Å²) in [6.07, 6.45) is 0. The van der Waals surface area contributed by atoms with Crippen LogP contribution in [0, 0.1) is 0 Å². The Morgan fingerprint density at radius 3 is 2.52 bits per heavy atom. The second-order valence-corrected chi connectivity index (χ2v) is 5.68. The van der Waals surface area contributed by atoms with Crippen molar-refractivity contribution in [3.8, 4) is 28.3 Å². The molecule has 0 unspecified atom stereocenters. The molecule has 3 rings (SSSR count). The first kappa shape index (κ1) is 15.3. The summed E-state index contributed by atoms with van der Waals surface area (Å²) in [4.78, 5) is 2.10. The molecule has 23 heavy (non-hydrogen) atoms. The zero-order valence-electron chi connectivity index (χ0n) is 13.5. The number of nitrogens with zero attached hydrogens (tertiary/aromatic N) is 2. The maximum Gasteiger partial charge on any atom is 0.128 e. The third-order valence-corrected chi connectivity index (χ3v) is 3.62. The van der Waals surface area contributed by atoms with E-state index in [1.165, 1.54) is 0 Å². The fourth-order valence-electron chi connectivity index (χ4n) is 2.37. The monoisotopic (exact) mass is 307 g/mol. The summed E-state index contributed by atoms with van der Waals surface area (Å²) in [5, 5.41) is 7.54. The van der Waals surface area contributed by atoms with Gasteiger partial charge in [0.15, 0.2) is 0 Å². The quantitative estimate of drug-likeness (QED) is 0.755. The van der Waals surface area contributed by atoms with Gasteiger partial charge in [-0.05, 0) is 32.3 Å². The molecule has 1 N–H and O–H groups in total. The molecule has 1 aromatic heterocycles. The SMILES string of the molecule is CN(C)CCOc1ccccc1-c1cc(-c2ccccc2)n[nH]1. The van der Waals surface area contributed by atoms with E-state index in [0.717, 1.165) is 34.8 Å². The summed E-state index contributed by atoms with van der Waals surface area (Å²) in [5.74, 6) is 0.873. The molecule has 0 aliphatic heterocycles. The molecule has 0 atom stereocenters. The molecular formula is C19H21N3O. The highest BCUT2D eigenvalue weighted by atomic mass is 16.5. The van der Waals surface area contributed by atoms with Gasteiger partial charge in [0.1, 0.15) is 12.4 Å². The third-order valence-electron chi connectivity index (χ3n) is 3.62. The van der Waals surface area contributed by atoms with Crippen molar-refractivity contribution < 1.29 is 4.74 Å². The second kappa shape index (κ2) is 7.11. The second-order valence-electron chi connectivity index (χ2n) is 5.68. The first-order valence-electron chi connectivity index (χ1n) is 7.72. The van der Waals surface area contributed by atoms with E-state index in [-0.39, 0.29) is 0 Å². The van der Waals surface area contributed by atoms with Gasteiger partial charge in [-0.2, -0.15) is 5.10 Å². The van der Waals surface area contributed by atoms with Crippen LogP contribution in [0.1, 0.15) is 0 Å². The summed E-state index contributed by atoms with van der Waals surface area (Å²) in [6, 6.07) is 20.2.